The molecule has 1 saturated heterocycles. The Balaban J connectivity index is 2.60. The molecule has 0 aromatic heterocycles. The molecule has 1 N–H and O–H groups in total. The molecule has 1 aliphatic rings. The second-order valence-corrected chi connectivity index (χ2v) is 6.73. The fourth-order valence-corrected chi connectivity index (χ4v) is 2.60. The van der Waals surface area contributed by atoms with Crippen LogP contribution in [0, 0.1) is 17.3 Å². The number of amides is 1. The number of carbonyl (C=O) groups excluding carboxylic acids is 1. The second-order valence-electron chi connectivity index (χ2n) is 6.35. The number of rotatable bonds is 4. The first-order valence-electron chi connectivity index (χ1n) is 6.80. The van der Waals surface area contributed by atoms with Crippen molar-refractivity contribution in [3.8, 4) is 0 Å². The standard InChI is InChI=1S/C14H26ClNO2/c1-10-9-18-8-6-11(10)13(17)16-12(5-7-15)14(2,3)4/h10-12H,5-9H2,1-4H3,(H,16,17). The van der Waals surface area contributed by atoms with E-state index in [-0.39, 0.29) is 23.3 Å². The summed E-state index contributed by atoms with van der Waals surface area (Å²) in [7, 11) is 0. The van der Waals surface area contributed by atoms with Crippen LogP contribution in [0.5, 0.6) is 0 Å². The summed E-state index contributed by atoms with van der Waals surface area (Å²) in [6, 6.07) is 0.137. The number of alkyl halides is 1. The Labute approximate surface area is 116 Å². The maximum atomic E-state index is 12.3. The summed E-state index contributed by atoms with van der Waals surface area (Å²) in [5.41, 5.74) is 0.0406. The van der Waals surface area contributed by atoms with Gasteiger partial charge in [-0.25, -0.2) is 0 Å². The highest BCUT2D eigenvalue weighted by Gasteiger charge is 2.32. The summed E-state index contributed by atoms with van der Waals surface area (Å²) in [6.07, 6.45) is 1.64. The largest absolute Gasteiger partial charge is 0.381 e. The predicted octanol–water partition coefficient (Wildman–Crippen LogP) is 2.82. The van der Waals surface area contributed by atoms with E-state index in [1.165, 1.54) is 0 Å². The van der Waals surface area contributed by atoms with Gasteiger partial charge in [-0.2, -0.15) is 0 Å². The molecule has 3 nitrogen and oxygen atoms in total. The van der Waals surface area contributed by atoms with Gasteiger partial charge in [-0.3, -0.25) is 4.79 Å². The maximum absolute atomic E-state index is 12.3. The molecule has 1 fully saturated rings. The first-order valence-corrected chi connectivity index (χ1v) is 7.33. The summed E-state index contributed by atoms with van der Waals surface area (Å²) in [5.74, 6) is 1.12. The SMILES string of the molecule is CC1COCCC1C(=O)NC(CCCl)C(C)(C)C. The Bertz CT molecular complexity index is 275. The topological polar surface area (TPSA) is 38.3 Å². The summed E-state index contributed by atoms with van der Waals surface area (Å²) in [5, 5.41) is 3.18. The Morgan fingerprint density at radius 3 is 2.67 bits per heavy atom. The molecular weight excluding hydrogens is 250 g/mol. The van der Waals surface area contributed by atoms with E-state index in [1.54, 1.807) is 0 Å². The zero-order valence-electron chi connectivity index (χ0n) is 12.0. The van der Waals surface area contributed by atoms with Gasteiger partial charge in [0.15, 0.2) is 0 Å². The predicted molar refractivity (Wildman–Crippen MR) is 74.8 cm³/mol. The van der Waals surface area contributed by atoms with E-state index in [2.05, 4.69) is 33.0 Å². The van der Waals surface area contributed by atoms with Crippen molar-refractivity contribution in [3.63, 3.8) is 0 Å². The van der Waals surface area contributed by atoms with Gasteiger partial charge in [-0.1, -0.05) is 27.7 Å². The first kappa shape index (κ1) is 15.8. The third-order valence-electron chi connectivity index (χ3n) is 3.74. The van der Waals surface area contributed by atoms with Gasteiger partial charge in [0.2, 0.25) is 5.91 Å². The van der Waals surface area contributed by atoms with E-state index in [0.29, 0.717) is 25.0 Å². The molecule has 4 heteroatoms. The van der Waals surface area contributed by atoms with Crippen LogP contribution in [0.25, 0.3) is 0 Å². The monoisotopic (exact) mass is 275 g/mol. The van der Waals surface area contributed by atoms with Crippen LogP contribution in [0.2, 0.25) is 0 Å². The van der Waals surface area contributed by atoms with Crippen molar-refractivity contribution in [1.82, 2.24) is 5.32 Å². The van der Waals surface area contributed by atoms with Crippen LogP contribution in [0.15, 0.2) is 0 Å². The molecule has 1 amide bonds. The van der Waals surface area contributed by atoms with Crippen LogP contribution in [-0.4, -0.2) is 31.0 Å². The van der Waals surface area contributed by atoms with Crippen molar-refractivity contribution in [3.05, 3.63) is 0 Å². The van der Waals surface area contributed by atoms with Crippen LogP contribution >= 0.6 is 11.6 Å². The van der Waals surface area contributed by atoms with Crippen LogP contribution in [0.3, 0.4) is 0 Å². The highest BCUT2D eigenvalue weighted by molar-refractivity contribution is 6.17. The molecule has 18 heavy (non-hydrogen) atoms. The first-order chi connectivity index (χ1) is 8.36. The van der Waals surface area contributed by atoms with Gasteiger partial charge in [0.1, 0.15) is 0 Å². The van der Waals surface area contributed by atoms with Crippen molar-refractivity contribution in [1.29, 1.82) is 0 Å². The van der Waals surface area contributed by atoms with Gasteiger partial charge in [0.25, 0.3) is 0 Å². The minimum Gasteiger partial charge on any atom is -0.381 e. The fraction of sp³-hybridized carbons (Fsp3) is 0.929. The van der Waals surface area contributed by atoms with Crippen LogP contribution in [0.1, 0.15) is 40.5 Å². The van der Waals surface area contributed by atoms with E-state index in [9.17, 15) is 4.79 Å². The van der Waals surface area contributed by atoms with Gasteiger partial charge in [0.05, 0.1) is 0 Å². The summed E-state index contributed by atoms with van der Waals surface area (Å²) < 4.78 is 5.38. The molecule has 0 bridgehead atoms. The van der Waals surface area contributed by atoms with E-state index < -0.39 is 0 Å². The van der Waals surface area contributed by atoms with Crippen LogP contribution < -0.4 is 5.32 Å². The normalized spacial score (nSPS) is 26.7. The molecule has 0 aromatic carbocycles. The van der Waals surface area contributed by atoms with Gasteiger partial charge in [-0.15, -0.1) is 11.6 Å². The molecule has 0 saturated carbocycles. The van der Waals surface area contributed by atoms with E-state index in [1.807, 2.05) is 0 Å². The van der Waals surface area contributed by atoms with Crippen molar-refractivity contribution in [2.24, 2.45) is 17.3 Å². The minimum absolute atomic E-state index is 0.0406. The molecule has 3 atom stereocenters. The molecule has 1 aliphatic heterocycles. The van der Waals surface area contributed by atoms with Crippen LogP contribution in [0.4, 0.5) is 0 Å². The molecule has 3 unspecified atom stereocenters. The number of ether oxygens (including phenoxy) is 1. The van der Waals surface area contributed by atoms with E-state index >= 15 is 0 Å². The molecule has 0 spiro atoms. The van der Waals surface area contributed by atoms with Crippen molar-refractivity contribution in [2.45, 2.75) is 46.6 Å². The zero-order chi connectivity index (χ0) is 13.8. The Morgan fingerprint density at radius 2 is 2.17 bits per heavy atom. The fourth-order valence-electron chi connectivity index (χ4n) is 2.38. The van der Waals surface area contributed by atoms with E-state index in [4.69, 9.17) is 16.3 Å². The molecule has 0 aliphatic carbocycles. The highest BCUT2D eigenvalue weighted by atomic mass is 35.5. The number of nitrogens with one attached hydrogen (secondary N) is 1. The summed E-state index contributed by atoms with van der Waals surface area (Å²) in [4.78, 5) is 12.3. The minimum atomic E-state index is 0.0406. The van der Waals surface area contributed by atoms with Crippen molar-refractivity contribution in [2.75, 3.05) is 19.1 Å². The number of hydrogen-bond acceptors (Lipinski definition) is 2. The maximum Gasteiger partial charge on any atom is 0.223 e. The average molecular weight is 276 g/mol. The third-order valence-corrected chi connectivity index (χ3v) is 3.96. The molecule has 0 aromatic rings. The lowest BCUT2D eigenvalue weighted by molar-refractivity contribution is -0.132. The van der Waals surface area contributed by atoms with Crippen LogP contribution in [-0.2, 0) is 9.53 Å². The molecule has 0 radical (unpaired) electrons. The number of halogens is 1. The third kappa shape index (κ3) is 4.43. The van der Waals surface area contributed by atoms with Gasteiger partial charge in [-0.05, 0) is 24.2 Å². The lowest BCUT2D eigenvalue weighted by atomic mass is 9.83. The van der Waals surface area contributed by atoms with Gasteiger partial charge < -0.3 is 10.1 Å². The number of carbonyl (C=O) groups is 1. The summed E-state index contributed by atoms with van der Waals surface area (Å²) in [6.45, 7) is 9.87. The molecule has 1 rings (SSSR count). The molecule has 1 heterocycles. The number of hydrogen-bond donors (Lipinski definition) is 1. The second kappa shape index (κ2) is 6.76. The lowest BCUT2D eigenvalue weighted by Crippen LogP contribution is -2.48. The summed E-state index contributed by atoms with van der Waals surface area (Å²) >= 11 is 5.83. The van der Waals surface area contributed by atoms with Gasteiger partial charge in [0, 0.05) is 31.1 Å². The smallest absolute Gasteiger partial charge is 0.223 e. The van der Waals surface area contributed by atoms with Crippen molar-refractivity contribution >= 4 is 17.5 Å². The van der Waals surface area contributed by atoms with Gasteiger partial charge >= 0.3 is 0 Å². The van der Waals surface area contributed by atoms with E-state index in [0.717, 1.165) is 12.8 Å². The molecular formula is C14H26ClNO2. The lowest BCUT2D eigenvalue weighted by Gasteiger charge is -2.34. The quantitative estimate of drug-likeness (QED) is 0.802. The Morgan fingerprint density at radius 1 is 1.50 bits per heavy atom. The Hall–Kier alpha value is -0.280. The average Bonchev–Trinajstić information content (AvgIpc) is 2.27. The van der Waals surface area contributed by atoms with Crippen molar-refractivity contribution < 1.29 is 9.53 Å². The highest BCUT2D eigenvalue weighted by Crippen LogP contribution is 2.25. The Kier molecular flexibility index (Phi) is 5.93. The molecule has 106 valence electrons. The zero-order valence-corrected chi connectivity index (χ0v) is 12.7.